The number of aliphatic hydroxyl groups is 1. The summed E-state index contributed by atoms with van der Waals surface area (Å²) in [7, 11) is 2.03. The van der Waals surface area contributed by atoms with Crippen LogP contribution in [-0.2, 0) is 11.3 Å². The molecule has 1 aromatic rings. The van der Waals surface area contributed by atoms with Crippen LogP contribution in [0.15, 0.2) is 41.2 Å². The lowest BCUT2D eigenvalue weighted by molar-refractivity contribution is -0.0246. The van der Waals surface area contributed by atoms with E-state index < -0.39 is 0 Å². The van der Waals surface area contributed by atoms with Crippen LogP contribution in [0, 0.1) is 0 Å². The average molecular weight is 365 g/mol. The molecule has 0 spiro atoms. The van der Waals surface area contributed by atoms with Gasteiger partial charge in [-0.25, -0.2) is 4.99 Å². The summed E-state index contributed by atoms with van der Waals surface area (Å²) in [6.45, 7) is 5.04. The zero-order valence-electron chi connectivity index (χ0n) is 14.7. The third kappa shape index (κ3) is 4.08. The highest BCUT2D eigenvalue weighted by Crippen LogP contribution is 2.29. The number of hydrogen-bond donors (Lipinski definition) is 1. The van der Waals surface area contributed by atoms with Gasteiger partial charge in [0.15, 0.2) is 5.84 Å². The van der Waals surface area contributed by atoms with Crippen LogP contribution < -0.4 is 0 Å². The second-order valence-electron chi connectivity index (χ2n) is 6.23. The van der Waals surface area contributed by atoms with E-state index in [4.69, 9.17) is 26.4 Å². The SMILES string of the molecule is CCOC1N=C2C(=CN(CCCO)CN2C)N1Cc1ccc(Cl)cc1. The van der Waals surface area contributed by atoms with Gasteiger partial charge in [-0.1, -0.05) is 23.7 Å². The Kier molecular flexibility index (Phi) is 5.83. The highest BCUT2D eigenvalue weighted by atomic mass is 35.5. The molecule has 136 valence electrons. The van der Waals surface area contributed by atoms with Crippen molar-refractivity contribution in [3.8, 4) is 0 Å². The molecule has 6 nitrogen and oxygen atoms in total. The number of fused-ring (bicyclic) bond motifs is 1. The summed E-state index contributed by atoms with van der Waals surface area (Å²) in [6.07, 6.45) is 2.56. The highest BCUT2D eigenvalue weighted by Gasteiger charge is 2.36. The Hall–Kier alpha value is -1.76. The van der Waals surface area contributed by atoms with Gasteiger partial charge < -0.3 is 24.5 Å². The number of amidine groups is 1. The maximum Gasteiger partial charge on any atom is 0.230 e. The summed E-state index contributed by atoms with van der Waals surface area (Å²) in [4.78, 5) is 11.3. The molecular formula is C18H25ClN4O2. The van der Waals surface area contributed by atoms with Gasteiger partial charge in [0.05, 0.1) is 12.4 Å². The van der Waals surface area contributed by atoms with E-state index >= 15 is 0 Å². The van der Waals surface area contributed by atoms with E-state index in [1.807, 2.05) is 38.2 Å². The topological polar surface area (TPSA) is 51.5 Å². The number of benzene rings is 1. The first-order chi connectivity index (χ1) is 12.1. The number of hydrogen-bond acceptors (Lipinski definition) is 6. The van der Waals surface area contributed by atoms with Crippen molar-refractivity contribution < 1.29 is 9.84 Å². The van der Waals surface area contributed by atoms with Gasteiger partial charge in [-0.3, -0.25) is 0 Å². The van der Waals surface area contributed by atoms with Crippen LogP contribution in [-0.4, -0.2) is 65.5 Å². The molecule has 0 bridgehead atoms. The number of rotatable bonds is 7. The molecule has 2 aliphatic rings. The lowest BCUT2D eigenvalue weighted by Gasteiger charge is -2.36. The number of ether oxygens (including phenoxy) is 1. The Bertz CT molecular complexity index is 647. The summed E-state index contributed by atoms with van der Waals surface area (Å²) < 4.78 is 5.85. The van der Waals surface area contributed by atoms with Crippen LogP contribution in [0.2, 0.25) is 5.02 Å². The van der Waals surface area contributed by atoms with Gasteiger partial charge in [0.25, 0.3) is 0 Å². The van der Waals surface area contributed by atoms with Crippen molar-refractivity contribution in [2.45, 2.75) is 26.2 Å². The number of nitrogens with zero attached hydrogens (tertiary/aromatic N) is 4. The van der Waals surface area contributed by atoms with Crippen LogP contribution in [0.3, 0.4) is 0 Å². The molecule has 3 rings (SSSR count). The summed E-state index contributed by atoms with van der Waals surface area (Å²) in [5, 5.41) is 9.84. The molecule has 0 fully saturated rings. The summed E-state index contributed by atoms with van der Waals surface area (Å²) in [6, 6.07) is 7.86. The van der Waals surface area contributed by atoms with Gasteiger partial charge in [-0.2, -0.15) is 0 Å². The fourth-order valence-electron chi connectivity index (χ4n) is 3.10. The average Bonchev–Trinajstić information content (AvgIpc) is 2.94. The number of aliphatic imine (C=N–C) groups is 1. The van der Waals surface area contributed by atoms with Crippen molar-refractivity contribution in [1.29, 1.82) is 0 Å². The van der Waals surface area contributed by atoms with Crippen molar-refractivity contribution in [3.63, 3.8) is 0 Å². The molecule has 1 atom stereocenters. The second kappa shape index (κ2) is 8.08. The Morgan fingerprint density at radius 3 is 2.76 bits per heavy atom. The third-order valence-corrected chi connectivity index (χ3v) is 4.54. The van der Waals surface area contributed by atoms with E-state index in [1.54, 1.807) is 0 Å². The first-order valence-corrected chi connectivity index (χ1v) is 8.99. The van der Waals surface area contributed by atoms with Gasteiger partial charge in [0, 0.05) is 44.6 Å². The predicted octanol–water partition coefficient (Wildman–Crippen LogP) is 2.30. The van der Waals surface area contributed by atoms with Crippen LogP contribution >= 0.6 is 11.6 Å². The molecule has 1 unspecified atom stereocenters. The van der Waals surface area contributed by atoms with Crippen molar-refractivity contribution in [1.82, 2.24) is 14.7 Å². The molecule has 0 radical (unpaired) electrons. The van der Waals surface area contributed by atoms with E-state index in [0.717, 1.165) is 41.8 Å². The quantitative estimate of drug-likeness (QED) is 0.804. The second-order valence-corrected chi connectivity index (χ2v) is 6.67. The minimum Gasteiger partial charge on any atom is -0.396 e. The molecule has 1 N–H and O–H groups in total. The molecule has 2 heterocycles. The molecule has 2 aliphatic heterocycles. The van der Waals surface area contributed by atoms with Gasteiger partial charge >= 0.3 is 0 Å². The maximum absolute atomic E-state index is 9.11. The van der Waals surface area contributed by atoms with E-state index in [1.165, 1.54) is 0 Å². The molecule has 7 heteroatoms. The third-order valence-electron chi connectivity index (χ3n) is 4.28. The molecule has 0 saturated carbocycles. The van der Waals surface area contributed by atoms with Crippen molar-refractivity contribution in [2.75, 3.05) is 33.5 Å². The Balaban J connectivity index is 1.85. The molecule has 1 aromatic carbocycles. The van der Waals surface area contributed by atoms with Crippen LogP contribution in [0.25, 0.3) is 0 Å². The molecule has 0 aliphatic carbocycles. The monoisotopic (exact) mass is 364 g/mol. The van der Waals surface area contributed by atoms with Crippen LogP contribution in [0.4, 0.5) is 0 Å². The summed E-state index contributed by atoms with van der Waals surface area (Å²) >= 11 is 6.00. The molecule has 25 heavy (non-hydrogen) atoms. The van der Waals surface area contributed by atoms with Gasteiger partial charge in [0.1, 0.15) is 0 Å². The zero-order valence-corrected chi connectivity index (χ0v) is 15.5. The van der Waals surface area contributed by atoms with E-state index in [-0.39, 0.29) is 13.0 Å². The van der Waals surface area contributed by atoms with Crippen LogP contribution in [0.5, 0.6) is 0 Å². The lowest BCUT2D eigenvalue weighted by atomic mass is 10.2. The molecule has 0 amide bonds. The largest absolute Gasteiger partial charge is 0.396 e. The summed E-state index contributed by atoms with van der Waals surface area (Å²) in [5.41, 5.74) is 2.21. The van der Waals surface area contributed by atoms with E-state index in [9.17, 15) is 0 Å². The Morgan fingerprint density at radius 1 is 1.32 bits per heavy atom. The number of halogens is 1. The lowest BCUT2D eigenvalue weighted by Crippen LogP contribution is -2.44. The van der Waals surface area contributed by atoms with Gasteiger partial charge in [-0.15, -0.1) is 0 Å². The van der Waals surface area contributed by atoms with E-state index in [0.29, 0.717) is 13.2 Å². The normalized spacial score (nSPS) is 19.8. The molecular weight excluding hydrogens is 340 g/mol. The predicted molar refractivity (Wildman–Crippen MR) is 99.0 cm³/mol. The maximum atomic E-state index is 9.11. The first kappa shape index (κ1) is 18.0. The number of aliphatic hydroxyl groups excluding tert-OH is 1. The van der Waals surface area contributed by atoms with Crippen molar-refractivity contribution >= 4 is 17.4 Å². The van der Waals surface area contributed by atoms with Crippen molar-refractivity contribution in [3.05, 3.63) is 46.7 Å². The van der Waals surface area contributed by atoms with Gasteiger partial charge in [0.2, 0.25) is 6.35 Å². The minimum atomic E-state index is -0.317. The van der Waals surface area contributed by atoms with Crippen LogP contribution in [0.1, 0.15) is 18.9 Å². The smallest absolute Gasteiger partial charge is 0.230 e. The zero-order chi connectivity index (χ0) is 17.8. The van der Waals surface area contributed by atoms with Gasteiger partial charge in [-0.05, 0) is 31.0 Å². The van der Waals surface area contributed by atoms with Crippen molar-refractivity contribution in [2.24, 2.45) is 4.99 Å². The van der Waals surface area contributed by atoms with E-state index in [2.05, 4.69) is 20.9 Å². The minimum absolute atomic E-state index is 0.195. The number of likely N-dealkylation sites (N-methyl/N-ethyl adjacent to an activating group) is 1. The molecule has 0 aromatic heterocycles. The highest BCUT2D eigenvalue weighted by molar-refractivity contribution is 6.30. The fraction of sp³-hybridized carbons (Fsp3) is 0.500. The standard InChI is InChI=1S/C18H25ClN4O2/c1-3-25-18-20-17-16(12-22(9-4-10-24)13-21(17)2)23(18)11-14-5-7-15(19)8-6-14/h5-8,12,18,24H,3-4,9-11,13H2,1-2H3. The Morgan fingerprint density at radius 2 is 2.08 bits per heavy atom. The Labute approximate surface area is 153 Å². The first-order valence-electron chi connectivity index (χ1n) is 8.61. The molecule has 0 saturated heterocycles. The summed E-state index contributed by atoms with van der Waals surface area (Å²) in [5.74, 6) is 0.952. The fourth-order valence-corrected chi connectivity index (χ4v) is 3.23.